The van der Waals surface area contributed by atoms with Crippen molar-refractivity contribution in [3.8, 4) is 0 Å². The van der Waals surface area contributed by atoms with E-state index in [1.54, 1.807) is 19.0 Å². The van der Waals surface area contributed by atoms with E-state index in [9.17, 15) is 8.78 Å². The number of halogens is 2. The van der Waals surface area contributed by atoms with E-state index >= 15 is 0 Å². The molecular formula is C17H23BF2N2O. The Labute approximate surface area is 136 Å². The molecule has 2 unspecified atom stereocenters. The van der Waals surface area contributed by atoms with Crippen molar-refractivity contribution < 1.29 is 13.8 Å². The molecule has 2 atom stereocenters. The molecule has 0 aliphatic carbocycles. The van der Waals surface area contributed by atoms with Gasteiger partial charge in [-0.2, -0.15) is 0 Å². The molecule has 0 saturated heterocycles. The molecule has 4 N–H and O–H groups in total. The van der Waals surface area contributed by atoms with E-state index in [-0.39, 0.29) is 23.7 Å². The van der Waals surface area contributed by atoms with Crippen LogP contribution in [0.1, 0.15) is 37.1 Å². The van der Waals surface area contributed by atoms with Gasteiger partial charge in [0.25, 0.3) is 0 Å². The molecule has 0 heterocycles. The molecule has 0 aromatic heterocycles. The molecule has 23 heavy (non-hydrogen) atoms. The SMILES string of the molecule is CB(O)NC(C)c1cccc(F)c1.CC(N)c1cccc(F)c1. The van der Waals surface area contributed by atoms with Crippen LogP contribution >= 0.6 is 0 Å². The lowest BCUT2D eigenvalue weighted by Crippen LogP contribution is -2.32. The summed E-state index contributed by atoms with van der Waals surface area (Å²) >= 11 is 0. The van der Waals surface area contributed by atoms with E-state index in [4.69, 9.17) is 10.8 Å². The lowest BCUT2D eigenvalue weighted by atomic mass is 9.86. The van der Waals surface area contributed by atoms with Gasteiger partial charge in [-0.1, -0.05) is 24.3 Å². The number of benzene rings is 2. The third-order valence-corrected chi connectivity index (χ3v) is 3.21. The molecule has 0 spiro atoms. The topological polar surface area (TPSA) is 58.3 Å². The lowest BCUT2D eigenvalue weighted by Gasteiger charge is -2.14. The molecule has 0 amide bonds. The Morgan fingerprint density at radius 3 is 1.87 bits per heavy atom. The monoisotopic (exact) mass is 320 g/mol. The van der Waals surface area contributed by atoms with Crippen LogP contribution in [-0.2, 0) is 0 Å². The smallest absolute Gasteiger partial charge is 0.374 e. The fourth-order valence-corrected chi connectivity index (χ4v) is 2.02. The maximum atomic E-state index is 12.8. The predicted octanol–water partition coefficient (Wildman–Crippen LogP) is 3.43. The van der Waals surface area contributed by atoms with Crippen molar-refractivity contribution in [3.63, 3.8) is 0 Å². The van der Waals surface area contributed by atoms with Crippen LogP contribution in [-0.4, -0.2) is 12.1 Å². The highest BCUT2D eigenvalue weighted by Gasteiger charge is 2.10. The summed E-state index contributed by atoms with van der Waals surface area (Å²) in [7, 11) is -0.585. The summed E-state index contributed by atoms with van der Waals surface area (Å²) in [4.78, 5) is 0. The number of hydrogen-bond donors (Lipinski definition) is 3. The van der Waals surface area contributed by atoms with Gasteiger partial charge in [-0.15, -0.1) is 0 Å². The largest absolute Gasteiger partial charge is 0.437 e. The van der Waals surface area contributed by atoms with Crippen LogP contribution in [0.2, 0.25) is 6.82 Å². The highest BCUT2D eigenvalue weighted by molar-refractivity contribution is 6.45. The highest BCUT2D eigenvalue weighted by Crippen LogP contribution is 2.13. The van der Waals surface area contributed by atoms with Gasteiger partial charge in [0.15, 0.2) is 0 Å². The second-order valence-corrected chi connectivity index (χ2v) is 5.46. The first-order valence-corrected chi connectivity index (χ1v) is 7.50. The van der Waals surface area contributed by atoms with Crippen LogP contribution in [0.5, 0.6) is 0 Å². The van der Waals surface area contributed by atoms with Gasteiger partial charge < -0.3 is 16.0 Å². The molecule has 2 rings (SSSR count). The average molecular weight is 320 g/mol. The summed E-state index contributed by atoms with van der Waals surface area (Å²) in [6.45, 7) is 5.34. The van der Waals surface area contributed by atoms with Gasteiger partial charge in [0.2, 0.25) is 0 Å². The van der Waals surface area contributed by atoms with Gasteiger partial charge in [0.05, 0.1) is 0 Å². The van der Waals surface area contributed by atoms with Crippen molar-refractivity contribution in [2.45, 2.75) is 32.8 Å². The van der Waals surface area contributed by atoms with Crippen molar-refractivity contribution in [2.24, 2.45) is 5.73 Å². The summed E-state index contributed by atoms with van der Waals surface area (Å²) < 4.78 is 25.2. The third kappa shape index (κ3) is 7.37. The van der Waals surface area contributed by atoms with Gasteiger partial charge in [0.1, 0.15) is 11.6 Å². The highest BCUT2D eigenvalue weighted by atomic mass is 19.1. The molecule has 2 aromatic rings. The molecule has 0 fully saturated rings. The van der Waals surface area contributed by atoms with E-state index in [0.717, 1.165) is 11.1 Å². The quantitative estimate of drug-likeness (QED) is 0.757. The normalized spacial score (nSPS) is 12.8. The minimum Gasteiger partial charge on any atom is -0.437 e. The van der Waals surface area contributed by atoms with Gasteiger partial charge in [-0.25, -0.2) is 8.78 Å². The van der Waals surface area contributed by atoms with Crippen LogP contribution in [0.25, 0.3) is 0 Å². The molecule has 0 radical (unpaired) electrons. The Bertz CT molecular complexity index is 609. The Hall–Kier alpha value is -1.76. The Balaban J connectivity index is 0.000000238. The molecule has 124 valence electrons. The van der Waals surface area contributed by atoms with Crippen molar-refractivity contribution in [1.29, 1.82) is 0 Å². The maximum Gasteiger partial charge on any atom is 0.374 e. The van der Waals surface area contributed by atoms with E-state index in [2.05, 4.69) is 5.23 Å². The first-order valence-electron chi connectivity index (χ1n) is 7.50. The van der Waals surface area contributed by atoms with Crippen LogP contribution in [0.4, 0.5) is 8.78 Å². The van der Waals surface area contributed by atoms with E-state index < -0.39 is 7.05 Å². The summed E-state index contributed by atoms with van der Waals surface area (Å²) in [5, 5.41) is 11.9. The van der Waals surface area contributed by atoms with Gasteiger partial charge in [-0.3, -0.25) is 0 Å². The van der Waals surface area contributed by atoms with Crippen molar-refractivity contribution in [3.05, 3.63) is 71.3 Å². The molecule has 0 saturated carbocycles. The van der Waals surface area contributed by atoms with Gasteiger partial charge >= 0.3 is 7.05 Å². The molecule has 0 aliphatic heterocycles. The number of rotatable bonds is 4. The number of nitrogens with two attached hydrogens (primary N) is 1. The average Bonchev–Trinajstić information content (AvgIpc) is 2.47. The maximum absolute atomic E-state index is 12.8. The van der Waals surface area contributed by atoms with Gasteiger partial charge in [-0.05, 0) is 56.1 Å². The van der Waals surface area contributed by atoms with E-state index in [0.29, 0.717) is 0 Å². The second-order valence-electron chi connectivity index (χ2n) is 5.46. The minimum atomic E-state index is -0.585. The second kappa shape index (κ2) is 9.40. The standard InChI is InChI=1S/C9H13BFNO.C8H10FN/c1-7(12-10(2)13)8-4-3-5-9(11)6-8;1-6(10)7-3-2-4-8(9)5-7/h3-7,12-13H,1-2H3;2-6H,10H2,1H3. The molecule has 0 bridgehead atoms. The Morgan fingerprint density at radius 2 is 1.48 bits per heavy atom. The summed E-state index contributed by atoms with van der Waals surface area (Å²) in [5.41, 5.74) is 7.18. The Morgan fingerprint density at radius 1 is 1.00 bits per heavy atom. The van der Waals surface area contributed by atoms with Crippen molar-refractivity contribution in [1.82, 2.24) is 5.23 Å². The summed E-state index contributed by atoms with van der Waals surface area (Å²) in [5.74, 6) is -0.480. The first-order chi connectivity index (χ1) is 10.8. The summed E-state index contributed by atoms with van der Waals surface area (Å²) in [6.07, 6.45) is 0. The molecule has 0 aliphatic rings. The van der Waals surface area contributed by atoms with Crippen LogP contribution in [0.15, 0.2) is 48.5 Å². The lowest BCUT2D eigenvalue weighted by molar-refractivity contribution is 0.532. The van der Waals surface area contributed by atoms with E-state index in [1.807, 2.05) is 26.0 Å². The van der Waals surface area contributed by atoms with Gasteiger partial charge in [0, 0.05) is 12.1 Å². The zero-order chi connectivity index (χ0) is 17.4. The van der Waals surface area contributed by atoms with Crippen LogP contribution in [0.3, 0.4) is 0 Å². The minimum absolute atomic E-state index is 0.0456. The fraction of sp³-hybridized carbons (Fsp3) is 0.294. The molecule has 2 aromatic carbocycles. The molecule has 6 heteroatoms. The van der Waals surface area contributed by atoms with E-state index in [1.165, 1.54) is 24.3 Å². The fourth-order valence-electron chi connectivity index (χ4n) is 2.02. The van der Waals surface area contributed by atoms with Crippen LogP contribution < -0.4 is 11.0 Å². The summed E-state index contributed by atoms with van der Waals surface area (Å²) in [6, 6.07) is 12.5. The molecular weight excluding hydrogens is 297 g/mol. The van der Waals surface area contributed by atoms with Crippen LogP contribution in [0, 0.1) is 11.6 Å². The zero-order valence-corrected chi connectivity index (χ0v) is 13.6. The third-order valence-electron chi connectivity index (χ3n) is 3.21. The van der Waals surface area contributed by atoms with Crippen molar-refractivity contribution >= 4 is 7.05 Å². The number of nitrogens with one attached hydrogen (secondary N) is 1. The van der Waals surface area contributed by atoms with Crippen molar-refractivity contribution in [2.75, 3.05) is 0 Å². The molecule has 3 nitrogen and oxygen atoms in total. The number of hydrogen-bond acceptors (Lipinski definition) is 3. The zero-order valence-electron chi connectivity index (χ0n) is 13.6. The first kappa shape index (κ1) is 19.3. The Kier molecular flexibility index (Phi) is 7.88. The predicted molar refractivity (Wildman–Crippen MR) is 90.8 cm³/mol.